The molecule has 0 aromatic heterocycles. The van der Waals surface area contributed by atoms with E-state index in [2.05, 4.69) is 0 Å². The SMILES string of the molecule is NCC1(Cc2cc(Cl)ccc2[N+](=O)[O-])CCOC1. The van der Waals surface area contributed by atoms with Crippen molar-refractivity contribution in [3.63, 3.8) is 0 Å². The maximum Gasteiger partial charge on any atom is 0.272 e. The Hall–Kier alpha value is -1.17. The molecular formula is C12H15ClN2O3. The summed E-state index contributed by atoms with van der Waals surface area (Å²) < 4.78 is 5.37. The van der Waals surface area contributed by atoms with Crippen LogP contribution in [0, 0.1) is 15.5 Å². The van der Waals surface area contributed by atoms with E-state index in [9.17, 15) is 10.1 Å². The number of nitro groups is 1. The van der Waals surface area contributed by atoms with E-state index >= 15 is 0 Å². The van der Waals surface area contributed by atoms with E-state index in [1.165, 1.54) is 12.1 Å². The molecule has 1 unspecified atom stereocenters. The smallest absolute Gasteiger partial charge is 0.272 e. The fraction of sp³-hybridized carbons (Fsp3) is 0.500. The molecule has 1 aliphatic heterocycles. The van der Waals surface area contributed by atoms with Crippen molar-refractivity contribution in [2.75, 3.05) is 19.8 Å². The van der Waals surface area contributed by atoms with Gasteiger partial charge in [0.15, 0.2) is 0 Å². The first-order valence-corrected chi connectivity index (χ1v) is 6.15. The number of ether oxygens (including phenoxy) is 1. The summed E-state index contributed by atoms with van der Waals surface area (Å²) in [7, 11) is 0. The monoisotopic (exact) mass is 270 g/mol. The number of hydrogen-bond donors (Lipinski definition) is 1. The van der Waals surface area contributed by atoms with Crippen molar-refractivity contribution >= 4 is 17.3 Å². The Bertz CT molecular complexity index is 459. The highest BCUT2D eigenvalue weighted by molar-refractivity contribution is 6.30. The highest BCUT2D eigenvalue weighted by Gasteiger charge is 2.35. The molecule has 0 radical (unpaired) electrons. The van der Waals surface area contributed by atoms with E-state index in [-0.39, 0.29) is 16.0 Å². The molecule has 1 atom stereocenters. The molecule has 0 spiro atoms. The van der Waals surface area contributed by atoms with E-state index in [0.717, 1.165) is 6.42 Å². The molecule has 1 aromatic rings. The van der Waals surface area contributed by atoms with E-state index in [0.29, 0.717) is 36.8 Å². The van der Waals surface area contributed by atoms with Gasteiger partial charge in [0.2, 0.25) is 0 Å². The zero-order valence-electron chi connectivity index (χ0n) is 9.89. The van der Waals surface area contributed by atoms with Crippen molar-refractivity contribution < 1.29 is 9.66 Å². The molecule has 0 amide bonds. The van der Waals surface area contributed by atoms with Crippen LogP contribution in [0.25, 0.3) is 0 Å². The summed E-state index contributed by atoms with van der Waals surface area (Å²) >= 11 is 5.91. The van der Waals surface area contributed by atoms with Gasteiger partial charge in [0, 0.05) is 35.2 Å². The molecule has 0 saturated carbocycles. The van der Waals surface area contributed by atoms with Crippen molar-refractivity contribution in [3.8, 4) is 0 Å². The van der Waals surface area contributed by atoms with Gasteiger partial charge < -0.3 is 10.5 Å². The zero-order valence-corrected chi connectivity index (χ0v) is 10.7. The molecular weight excluding hydrogens is 256 g/mol. The molecule has 5 nitrogen and oxygen atoms in total. The van der Waals surface area contributed by atoms with Crippen LogP contribution in [0.3, 0.4) is 0 Å². The summed E-state index contributed by atoms with van der Waals surface area (Å²) in [5.41, 5.74) is 6.32. The molecule has 1 aromatic carbocycles. The molecule has 18 heavy (non-hydrogen) atoms. The van der Waals surface area contributed by atoms with E-state index in [1.54, 1.807) is 6.07 Å². The lowest BCUT2D eigenvalue weighted by Gasteiger charge is -2.25. The number of halogens is 1. The van der Waals surface area contributed by atoms with Crippen LogP contribution in [0.1, 0.15) is 12.0 Å². The Balaban J connectivity index is 2.32. The molecule has 1 heterocycles. The summed E-state index contributed by atoms with van der Waals surface area (Å²) in [6.07, 6.45) is 1.35. The molecule has 1 saturated heterocycles. The predicted octanol–water partition coefficient (Wildman–Crippen LogP) is 2.16. The lowest BCUT2D eigenvalue weighted by Crippen LogP contribution is -2.33. The Morgan fingerprint density at radius 1 is 1.56 bits per heavy atom. The van der Waals surface area contributed by atoms with Gasteiger partial charge in [-0.3, -0.25) is 10.1 Å². The highest BCUT2D eigenvalue weighted by atomic mass is 35.5. The minimum Gasteiger partial charge on any atom is -0.381 e. The van der Waals surface area contributed by atoms with Gasteiger partial charge in [0.05, 0.1) is 11.5 Å². The molecule has 6 heteroatoms. The third kappa shape index (κ3) is 2.63. The average Bonchev–Trinajstić information content (AvgIpc) is 2.78. The van der Waals surface area contributed by atoms with Crippen molar-refractivity contribution in [2.24, 2.45) is 11.1 Å². The summed E-state index contributed by atoms with van der Waals surface area (Å²) in [6, 6.07) is 4.62. The van der Waals surface area contributed by atoms with E-state index < -0.39 is 0 Å². The quantitative estimate of drug-likeness (QED) is 0.672. The number of hydrogen-bond acceptors (Lipinski definition) is 4. The predicted molar refractivity (Wildman–Crippen MR) is 68.7 cm³/mol. The number of benzene rings is 1. The van der Waals surface area contributed by atoms with Gasteiger partial charge in [-0.2, -0.15) is 0 Å². The fourth-order valence-electron chi connectivity index (χ4n) is 2.30. The topological polar surface area (TPSA) is 78.4 Å². The minimum absolute atomic E-state index is 0.0964. The first-order valence-electron chi connectivity index (χ1n) is 5.77. The van der Waals surface area contributed by atoms with Gasteiger partial charge in [0.1, 0.15) is 0 Å². The second kappa shape index (κ2) is 5.22. The number of rotatable bonds is 4. The summed E-state index contributed by atoms with van der Waals surface area (Å²) in [5.74, 6) is 0. The fourth-order valence-corrected chi connectivity index (χ4v) is 2.49. The molecule has 1 fully saturated rings. The molecule has 0 aliphatic carbocycles. The second-order valence-corrected chi connectivity index (χ2v) is 5.15. The molecule has 1 aliphatic rings. The maximum absolute atomic E-state index is 11.0. The molecule has 0 bridgehead atoms. The van der Waals surface area contributed by atoms with Gasteiger partial charge >= 0.3 is 0 Å². The van der Waals surface area contributed by atoms with Crippen LogP contribution in [0.15, 0.2) is 18.2 Å². The second-order valence-electron chi connectivity index (χ2n) is 4.71. The third-order valence-electron chi connectivity index (χ3n) is 3.42. The Morgan fingerprint density at radius 3 is 2.89 bits per heavy atom. The average molecular weight is 271 g/mol. The van der Waals surface area contributed by atoms with E-state index in [1.807, 2.05) is 0 Å². The van der Waals surface area contributed by atoms with Crippen molar-refractivity contribution in [3.05, 3.63) is 38.9 Å². The largest absolute Gasteiger partial charge is 0.381 e. The van der Waals surface area contributed by atoms with Crippen LogP contribution < -0.4 is 5.73 Å². The lowest BCUT2D eigenvalue weighted by molar-refractivity contribution is -0.385. The lowest BCUT2D eigenvalue weighted by atomic mass is 9.80. The van der Waals surface area contributed by atoms with Crippen molar-refractivity contribution in [2.45, 2.75) is 12.8 Å². The number of nitrogens with zero attached hydrogens (tertiary/aromatic N) is 1. The highest BCUT2D eigenvalue weighted by Crippen LogP contribution is 2.35. The maximum atomic E-state index is 11.0. The van der Waals surface area contributed by atoms with Crippen molar-refractivity contribution in [1.29, 1.82) is 0 Å². The Morgan fingerprint density at radius 2 is 2.33 bits per heavy atom. The van der Waals surface area contributed by atoms with Gasteiger partial charge in [-0.1, -0.05) is 11.6 Å². The zero-order chi connectivity index (χ0) is 13.2. The number of nitro benzene ring substituents is 1. The van der Waals surface area contributed by atoms with Crippen LogP contribution in [-0.4, -0.2) is 24.7 Å². The first kappa shape index (κ1) is 13.3. The van der Waals surface area contributed by atoms with Gasteiger partial charge in [-0.05, 0) is 25.0 Å². The van der Waals surface area contributed by atoms with E-state index in [4.69, 9.17) is 22.1 Å². The first-order chi connectivity index (χ1) is 8.56. The van der Waals surface area contributed by atoms with Gasteiger partial charge in [-0.15, -0.1) is 0 Å². The third-order valence-corrected chi connectivity index (χ3v) is 3.66. The standard InChI is InChI=1S/C12H15ClN2O3/c13-10-1-2-11(15(16)17)9(5-10)6-12(7-14)3-4-18-8-12/h1-2,5H,3-4,6-8,14H2. The molecule has 98 valence electrons. The van der Waals surface area contributed by atoms with Gasteiger partial charge in [-0.25, -0.2) is 0 Å². The van der Waals surface area contributed by atoms with Gasteiger partial charge in [0.25, 0.3) is 5.69 Å². The minimum atomic E-state index is -0.383. The summed E-state index contributed by atoms with van der Waals surface area (Å²) in [6.45, 7) is 1.66. The van der Waals surface area contributed by atoms with Crippen LogP contribution >= 0.6 is 11.6 Å². The number of nitrogens with two attached hydrogens (primary N) is 1. The van der Waals surface area contributed by atoms with Crippen LogP contribution in [0.4, 0.5) is 5.69 Å². The van der Waals surface area contributed by atoms with Crippen molar-refractivity contribution in [1.82, 2.24) is 0 Å². The van der Waals surface area contributed by atoms with Crippen LogP contribution in [-0.2, 0) is 11.2 Å². The van der Waals surface area contributed by atoms with Crippen LogP contribution in [0.5, 0.6) is 0 Å². The Kier molecular flexibility index (Phi) is 3.85. The summed E-state index contributed by atoms with van der Waals surface area (Å²) in [5, 5.41) is 11.5. The molecule has 2 N–H and O–H groups in total. The van der Waals surface area contributed by atoms with Crippen LogP contribution in [0.2, 0.25) is 5.02 Å². The Labute approximate surface area is 110 Å². The summed E-state index contributed by atoms with van der Waals surface area (Å²) in [4.78, 5) is 10.6. The normalized spacial score (nSPS) is 23.2. The molecule has 2 rings (SSSR count).